The van der Waals surface area contributed by atoms with Crippen LogP contribution in [0.25, 0.3) is 0 Å². The number of nitrogens with one attached hydrogen (secondary N) is 2. The van der Waals surface area contributed by atoms with Gasteiger partial charge in [-0.3, -0.25) is 14.5 Å². The van der Waals surface area contributed by atoms with Crippen LogP contribution in [0.15, 0.2) is 60.7 Å². The van der Waals surface area contributed by atoms with Crippen LogP contribution in [-0.2, 0) is 20.7 Å². The first-order valence-corrected chi connectivity index (χ1v) is 14.3. The highest BCUT2D eigenvalue weighted by Gasteiger charge is 2.38. The fourth-order valence-corrected chi connectivity index (χ4v) is 5.15. The minimum atomic E-state index is -1.01. The highest BCUT2D eigenvalue weighted by atomic mass is 16.6. The number of carbonyl (C=O) groups is 3. The van der Waals surface area contributed by atoms with Gasteiger partial charge in [0.2, 0.25) is 5.91 Å². The van der Waals surface area contributed by atoms with Crippen molar-refractivity contribution in [3.05, 3.63) is 71.8 Å². The van der Waals surface area contributed by atoms with Crippen molar-refractivity contribution in [2.24, 2.45) is 0 Å². The molecule has 0 saturated carbocycles. The molecular weight excluding hydrogens is 524 g/mol. The summed E-state index contributed by atoms with van der Waals surface area (Å²) in [4.78, 5) is 43.0. The summed E-state index contributed by atoms with van der Waals surface area (Å²) in [6, 6.07) is 17.3. The second-order valence-corrected chi connectivity index (χ2v) is 11.8. The Morgan fingerprint density at radius 1 is 1.05 bits per heavy atom. The van der Waals surface area contributed by atoms with Crippen LogP contribution in [0.3, 0.4) is 0 Å². The van der Waals surface area contributed by atoms with Gasteiger partial charge in [-0.25, -0.2) is 4.79 Å². The molecular formula is C31H42N4O6. The molecule has 0 bridgehead atoms. The molecule has 10 nitrogen and oxygen atoms in total. The van der Waals surface area contributed by atoms with Crippen LogP contribution >= 0.6 is 0 Å². The predicted molar refractivity (Wildman–Crippen MR) is 154 cm³/mol. The van der Waals surface area contributed by atoms with Gasteiger partial charge >= 0.3 is 6.09 Å². The summed E-state index contributed by atoms with van der Waals surface area (Å²) in [7, 11) is 0. The van der Waals surface area contributed by atoms with Crippen molar-refractivity contribution in [3.8, 4) is 0 Å². The Morgan fingerprint density at radius 2 is 1.73 bits per heavy atom. The van der Waals surface area contributed by atoms with E-state index >= 15 is 0 Å². The third kappa shape index (κ3) is 9.01. The van der Waals surface area contributed by atoms with Gasteiger partial charge in [-0.2, -0.15) is 0 Å². The molecule has 3 amide bonds. The number of piperazine rings is 1. The maximum atomic E-state index is 13.5. The second-order valence-electron chi connectivity index (χ2n) is 11.8. The molecule has 2 aromatic carbocycles. The molecule has 2 saturated heterocycles. The molecule has 2 aromatic rings. The highest BCUT2D eigenvalue weighted by molar-refractivity contribution is 5.95. The fraction of sp³-hybridized carbons (Fsp3) is 0.516. The minimum Gasteiger partial charge on any atom is -0.444 e. The monoisotopic (exact) mass is 566 g/mol. The first-order chi connectivity index (χ1) is 19.6. The van der Waals surface area contributed by atoms with E-state index in [4.69, 9.17) is 9.47 Å². The van der Waals surface area contributed by atoms with Gasteiger partial charge in [-0.05, 0) is 44.9 Å². The molecule has 0 radical (unpaired) electrons. The van der Waals surface area contributed by atoms with Gasteiger partial charge in [0.25, 0.3) is 5.91 Å². The van der Waals surface area contributed by atoms with Crippen molar-refractivity contribution in [1.82, 2.24) is 20.4 Å². The Morgan fingerprint density at radius 3 is 2.37 bits per heavy atom. The lowest BCUT2D eigenvalue weighted by molar-refractivity contribution is -0.130. The third-order valence-corrected chi connectivity index (χ3v) is 7.25. The molecule has 222 valence electrons. The van der Waals surface area contributed by atoms with Crippen LogP contribution in [0.4, 0.5) is 4.79 Å². The normalized spacial score (nSPS) is 21.1. The summed E-state index contributed by atoms with van der Waals surface area (Å²) in [5.74, 6) is -0.356. The predicted octanol–water partition coefficient (Wildman–Crippen LogP) is 2.22. The number of β-amino-alcohol motifs (C(OH)–C–C–N with tert-alkyl or cyclic N) is 1. The highest BCUT2D eigenvalue weighted by Crippen LogP contribution is 2.18. The standard InChI is InChI=1S/C31H42N4O6/c1-31(2,3)33-28(37)26-19-35(29(38)23-12-8-5-9-13-23)16-15-34(26)20-27(36)25(18-22-10-6-4-7-11-22)32-30(39)41-24-14-17-40-21-24/h4-13,24-27,36H,14-21H2,1-3H3,(H,32,39)(H,33,37)/t24-,25-,26-,27+/m0/s1. The van der Waals surface area contributed by atoms with Crippen LogP contribution in [0.2, 0.25) is 0 Å². The molecule has 0 aliphatic carbocycles. The van der Waals surface area contributed by atoms with E-state index in [2.05, 4.69) is 10.6 Å². The number of carbonyl (C=O) groups excluding carboxylic acids is 3. The molecule has 2 aliphatic heterocycles. The van der Waals surface area contributed by atoms with Crippen molar-refractivity contribution in [3.63, 3.8) is 0 Å². The molecule has 10 heteroatoms. The first-order valence-electron chi connectivity index (χ1n) is 14.3. The number of aliphatic hydroxyl groups excluding tert-OH is 1. The lowest BCUT2D eigenvalue weighted by Gasteiger charge is -2.42. The zero-order chi connectivity index (χ0) is 29.4. The van der Waals surface area contributed by atoms with E-state index in [1.807, 2.05) is 74.2 Å². The maximum absolute atomic E-state index is 13.5. The molecule has 4 atom stereocenters. The summed E-state index contributed by atoms with van der Waals surface area (Å²) in [5.41, 5.74) is 1.04. The van der Waals surface area contributed by atoms with Gasteiger partial charge < -0.3 is 30.1 Å². The van der Waals surface area contributed by atoms with Gasteiger partial charge in [0.05, 0.1) is 25.4 Å². The molecule has 2 fully saturated rings. The number of rotatable bonds is 9. The largest absolute Gasteiger partial charge is 0.444 e. The molecule has 0 aromatic heterocycles. The quantitative estimate of drug-likeness (QED) is 0.426. The minimum absolute atomic E-state index is 0.125. The first kappa shape index (κ1) is 30.5. The van der Waals surface area contributed by atoms with Gasteiger partial charge in [-0.1, -0.05) is 48.5 Å². The van der Waals surface area contributed by atoms with E-state index < -0.39 is 29.8 Å². The van der Waals surface area contributed by atoms with Crippen molar-refractivity contribution < 1.29 is 29.0 Å². The van der Waals surface area contributed by atoms with Crippen LogP contribution in [0.1, 0.15) is 43.1 Å². The molecule has 2 aliphatic rings. The van der Waals surface area contributed by atoms with Gasteiger partial charge in [-0.15, -0.1) is 0 Å². The average molecular weight is 567 g/mol. The summed E-state index contributed by atoms with van der Waals surface area (Å²) < 4.78 is 10.8. The molecule has 0 unspecified atom stereocenters. The van der Waals surface area contributed by atoms with E-state index in [9.17, 15) is 19.5 Å². The summed E-state index contributed by atoms with van der Waals surface area (Å²) >= 11 is 0. The second kappa shape index (κ2) is 13.9. The number of amides is 3. The molecule has 41 heavy (non-hydrogen) atoms. The Bertz CT molecular complexity index is 1150. The van der Waals surface area contributed by atoms with Crippen LogP contribution in [-0.4, -0.2) is 102 Å². The molecule has 0 spiro atoms. The van der Waals surface area contributed by atoms with Crippen molar-refractivity contribution in [2.45, 2.75) is 63.4 Å². The maximum Gasteiger partial charge on any atom is 0.407 e. The van der Waals surface area contributed by atoms with Gasteiger partial charge in [0, 0.05) is 43.7 Å². The Labute approximate surface area is 242 Å². The number of ether oxygens (including phenoxy) is 2. The lowest BCUT2D eigenvalue weighted by atomic mass is 9.99. The van der Waals surface area contributed by atoms with Crippen LogP contribution < -0.4 is 10.6 Å². The number of alkyl carbamates (subject to hydrolysis) is 1. The zero-order valence-corrected chi connectivity index (χ0v) is 24.1. The van der Waals surface area contributed by atoms with Gasteiger partial charge in [0.15, 0.2) is 0 Å². The number of nitrogens with zero attached hydrogens (tertiary/aromatic N) is 2. The Kier molecular flexibility index (Phi) is 10.4. The van der Waals surface area contributed by atoms with E-state index in [1.165, 1.54) is 0 Å². The molecule has 4 rings (SSSR count). The van der Waals surface area contributed by atoms with E-state index in [1.54, 1.807) is 17.0 Å². The van der Waals surface area contributed by atoms with E-state index in [0.29, 0.717) is 44.7 Å². The average Bonchev–Trinajstić information content (AvgIpc) is 3.45. The summed E-state index contributed by atoms with van der Waals surface area (Å²) in [6.45, 7) is 7.71. The third-order valence-electron chi connectivity index (χ3n) is 7.25. The fourth-order valence-electron chi connectivity index (χ4n) is 5.15. The Balaban J connectivity index is 1.49. The molecule has 3 N–H and O–H groups in total. The number of hydrogen-bond donors (Lipinski definition) is 3. The lowest BCUT2D eigenvalue weighted by Crippen LogP contribution is -2.64. The number of benzene rings is 2. The van der Waals surface area contributed by atoms with Crippen molar-refractivity contribution in [1.29, 1.82) is 0 Å². The Hall–Kier alpha value is -3.47. The van der Waals surface area contributed by atoms with E-state index in [0.717, 1.165) is 5.56 Å². The smallest absolute Gasteiger partial charge is 0.407 e. The topological polar surface area (TPSA) is 120 Å². The zero-order valence-electron chi connectivity index (χ0n) is 24.1. The van der Waals surface area contributed by atoms with Gasteiger partial charge in [0.1, 0.15) is 12.1 Å². The summed E-state index contributed by atoms with van der Waals surface area (Å²) in [6.07, 6.45) is -0.922. The van der Waals surface area contributed by atoms with Crippen molar-refractivity contribution in [2.75, 3.05) is 39.4 Å². The SMILES string of the molecule is CC(C)(C)NC(=O)[C@@H]1CN(C(=O)c2ccccc2)CCN1C[C@@H](O)[C@H](Cc1ccccc1)NC(=O)O[C@H]1CCOC1. The number of hydrogen-bond acceptors (Lipinski definition) is 7. The molecule has 2 heterocycles. The van der Waals surface area contributed by atoms with Crippen LogP contribution in [0, 0.1) is 0 Å². The number of aliphatic hydroxyl groups is 1. The van der Waals surface area contributed by atoms with Crippen molar-refractivity contribution >= 4 is 17.9 Å². The van der Waals surface area contributed by atoms with E-state index in [-0.39, 0.29) is 31.0 Å². The summed E-state index contributed by atoms with van der Waals surface area (Å²) in [5, 5.41) is 17.4. The van der Waals surface area contributed by atoms with Crippen LogP contribution in [0.5, 0.6) is 0 Å².